The summed E-state index contributed by atoms with van der Waals surface area (Å²) in [5.41, 5.74) is 0.593. The van der Waals surface area contributed by atoms with Gasteiger partial charge in [0.2, 0.25) is 12.6 Å². The number of rotatable bonds is 19. The maximum absolute atomic E-state index is 12.9. The van der Waals surface area contributed by atoms with E-state index in [2.05, 4.69) is 0 Å². The lowest BCUT2D eigenvalue weighted by molar-refractivity contribution is -0.354. The number of benzene rings is 4. The minimum atomic E-state index is -1.79. The monoisotopic (exact) mass is 1190 g/mol. The predicted molar refractivity (Wildman–Crippen MR) is 279 cm³/mol. The fourth-order valence-electron chi connectivity index (χ4n) is 9.62. The Hall–Kier alpha value is -6.30. The first-order chi connectivity index (χ1) is 39.8. The third-order valence-electron chi connectivity index (χ3n) is 14.5. The summed E-state index contributed by atoms with van der Waals surface area (Å²) in [5.74, 6) is -4.04. The number of carbonyl (C=O) groups excluding carboxylic acids is 2. The van der Waals surface area contributed by atoms with Gasteiger partial charge in [0.05, 0.1) is 32.5 Å². The maximum Gasteiger partial charge on any atom is 0.229 e. The van der Waals surface area contributed by atoms with E-state index in [1.54, 1.807) is 18.2 Å². The molecule has 4 aliphatic rings. The normalized spacial score (nSPS) is 33.3. The highest BCUT2D eigenvalue weighted by molar-refractivity contribution is 6.02. The Morgan fingerprint density at radius 3 is 1.19 bits per heavy atom. The van der Waals surface area contributed by atoms with Crippen molar-refractivity contribution in [3.05, 3.63) is 89.0 Å². The fourth-order valence-corrected chi connectivity index (χ4v) is 9.62. The summed E-state index contributed by atoms with van der Waals surface area (Å²) in [6, 6.07) is 14.8. The van der Waals surface area contributed by atoms with Gasteiger partial charge in [-0.25, -0.2) is 0 Å². The van der Waals surface area contributed by atoms with E-state index in [9.17, 15) is 102 Å². The Morgan fingerprint density at radius 2 is 0.821 bits per heavy atom. The molecule has 0 amide bonds. The number of aryl methyl sites for hydroxylation is 2. The van der Waals surface area contributed by atoms with E-state index < -0.39 is 176 Å². The molecule has 20 atom stereocenters. The molecule has 4 fully saturated rings. The summed E-state index contributed by atoms with van der Waals surface area (Å²) in [6.45, 7) is 1.34. The van der Waals surface area contributed by atoms with Crippen molar-refractivity contribution in [1.82, 2.24) is 0 Å². The molecule has 4 aromatic rings. The minimum absolute atomic E-state index is 0.0706. The van der Waals surface area contributed by atoms with Gasteiger partial charge in [-0.3, -0.25) is 9.59 Å². The van der Waals surface area contributed by atoms with Crippen molar-refractivity contribution in [2.45, 2.75) is 162 Å². The number of ether oxygens (including phenoxy) is 9. The highest BCUT2D eigenvalue weighted by atomic mass is 16.8. The lowest BCUT2D eigenvalue weighted by Gasteiger charge is -2.45. The molecule has 29 heteroatoms. The van der Waals surface area contributed by atoms with Crippen LogP contribution in [0.3, 0.4) is 0 Å². The third kappa shape index (κ3) is 14.8. The van der Waals surface area contributed by atoms with Crippen molar-refractivity contribution in [1.29, 1.82) is 0 Å². The highest BCUT2D eigenvalue weighted by Crippen LogP contribution is 2.39. The van der Waals surface area contributed by atoms with Crippen LogP contribution in [0.4, 0.5) is 0 Å². The van der Waals surface area contributed by atoms with Gasteiger partial charge in [-0.05, 0) is 62.1 Å². The second kappa shape index (κ2) is 28.3. The van der Waals surface area contributed by atoms with Crippen LogP contribution in [0, 0.1) is 0 Å². The molecule has 0 aliphatic carbocycles. The zero-order chi connectivity index (χ0) is 61.6. The van der Waals surface area contributed by atoms with Crippen LogP contribution in [-0.2, 0) is 41.3 Å². The Morgan fingerprint density at radius 1 is 0.440 bits per heavy atom. The topological polar surface area (TPSA) is 481 Å². The first kappa shape index (κ1) is 65.2. The molecule has 4 aromatic carbocycles. The average Bonchev–Trinajstić information content (AvgIpc) is 2.53. The number of methoxy groups -OCH3 is 1. The summed E-state index contributed by atoms with van der Waals surface area (Å²) >= 11 is 0. The maximum atomic E-state index is 12.9. The number of aromatic hydroxyl groups is 6. The van der Waals surface area contributed by atoms with Gasteiger partial charge in [-0.15, -0.1) is 0 Å². The van der Waals surface area contributed by atoms with Crippen LogP contribution >= 0.6 is 0 Å². The third-order valence-corrected chi connectivity index (χ3v) is 14.5. The van der Waals surface area contributed by atoms with E-state index in [0.29, 0.717) is 5.56 Å². The van der Waals surface area contributed by atoms with Gasteiger partial charge < -0.3 is 135 Å². The standard InChI is InChI=1S/C28H36O15.C27H34O14/c1-11-21(34)23(36)25(38)27(40-11)43-26-24(37)22(35)19(10-29)42-28(26)41-13-8-16(32)20(17(33)9-13)14(30)5-3-12-4-6-18(39-2)15(31)7-12;1-11-20(33)22(35)24(37)26(38-11)41-25-23(36)21(34)18(10-28)40-27(25)39-14-8-16(31)19(17(32)9-14)15(30)7-4-12-2-5-13(29)6-3-12/h4,6-9,11,19,21-29,31-38H,3,5,10H2,1-2H3;2-3,5-6,8-9,11,18,20-29,31-37H,4,7,10H2,1H3. The van der Waals surface area contributed by atoms with Crippen LogP contribution in [0.2, 0.25) is 0 Å². The molecule has 8 rings (SSSR count). The molecule has 464 valence electrons. The molecule has 4 heterocycles. The van der Waals surface area contributed by atoms with E-state index in [0.717, 1.165) is 29.8 Å². The van der Waals surface area contributed by atoms with Crippen molar-refractivity contribution in [2.24, 2.45) is 0 Å². The average molecular weight is 1200 g/mol. The number of aliphatic hydroxyl groups is 12. The van der Waals surface area contributed by atoms with Gasteiger partial charge in [0.1, 0.15) is 125 Å². The smallest absolute Gasteiger partial charge is 0.229 e. The summed E-state index contributed by atoms with van der Waals surface area (Å²) in [5, 5.41) is 184. The first-order valence-electron chi connectivity index (χ1n) is 26.4. The summed E-state index contributed by atoms with van der Waals surface area (Å²) < 4.78 is 49.5. The lowest BCUT2D eigenvalue weighted by atomic mass is 9.97. The SMILES string of the molecule is CC1OC(OC2C(Oc3cc(O)c(C(=O)CCc4ccc(O)cc4)c(O)c3)OC(CO)C(O)C2O)C(O)C(O)C1O.COc1ccc(CCC(=O)c2c(O)cc(OC3OC(CO)C(O)C(O)C3OC3OC(C)C(O)C(O)C3O)cc2O)cc1O. The quantitative estimate of drug-likeness (QED) is 0.0425. The van der Waals surface area contributed by atoms with Crippen LogP contribution in [0.5, 0.6) is 51.7 Å². The fraction of sp³-hybridized carbons (Fsp3) is 0.527. The van der Waals surface area contributed by atoms with Crippen molar-refractivity contribution < 1.29 is 144 Å². The Balaban J connectivity index is 0.000000241. The largest absolute Gasteiger partial charge is 0.508 e. The van der Waals surface area contributed by atoms with Gasteiger partial charge in [-0.1, -0.05) is 18.2 Å². The van der Waals surface area contributed by atoms with E-state index in [-0.39, 0.29) is 60.0 Å². The zero-order valence-corrected chi connectivity index (χ0v) is 45.2. The van der Waals surface area contributed by atoms with Crippen molar-refractivity contribution in [3.63, 3.8) is 0 Å². The molecule has 84 heavy (non-hydrogen) atoms. The number of hydrogen-bond donors (Lipinski definition) is 18. The molecule has 4 aliphatic heterocycles. The van der Waals surface area contributed by atoms with Crippen LogP contribution in [0.1, 0.15) is 58.5 Å². The molecular weight excluding hydrogens is 1120 g/mol. The highest BCUT2D eigenvalue weighted by Gasteiger charge is 2.53. The number of Topliss-reactive ketones (excluding diaryl/α,β-unsaturated/α-hetero) is 2. The molecule has 29 nitrogen and oxygen atoms in total. The molecule has 0 aromatic heterocycles. The van der Waals surface area contributed by atoms with Gasteiger partial charge in [0.25, 0.3) is 0 Å². The lowest BCUT2D eigenvalue weighted by Crippen LogP contribution is -2.64. The second-order valence-corrected chi connectivity index (χ2v) is 20.4. The molecule has 0 saturated carbocycles. The van der Waals surface area contributed by atoms with Gasteiger partial charge in [0, 0.05) is 37.1 Å². The van der Waals surface area contributed by atoms with Crippen LogP contribution in [-0.4, -0.2) is 247 Å². The molecule has 0 spiro atoms. The summed E-state index contributed by atoms with van der Waals surface area (Å²) in [4.78, 5) is 25.6. The van der Waals surface area contributed by atoms with Crippen LogP contribution < -0.4 is 14.2 Å². The zero-order valence-electron chi connectivity index (χ0n) is 45.2. The minimum Gasteiger partial charge on any atom is -0.508 e. The number of ketones is 2. The molecule has 4 saturated heterocycles. The van der Waals surface area contributed by atoms with Crippen LogP contribution in [0.25, 0.3) is 0 Å². The molecule has 20 unspecified atom stereocenters. The predicted octanol–water partition coefficient (Wildman–Crippen LogP) is -2.69. The van der Waals surface area contributed by atoms with Gasteiger partial charge in [-0.2, -0.15) is 0 Å². The number of phenolic OH excluding ortho intramolecular Hbond substituents is 6. The van der Waals surface area contributed by atoms with E-state index >= 15 is 0 Å². The Bertz CT molecular complexity index is 2790. The van der Waals surface area contributed by atoms with Crippen LogP contribution in [0.15, 0.2) is 66.7 Å². The first-order valence-corrected chi connectivity index (χ1v) is 26.4. The Kier molecular flexibility index (Phi) is 22.0. The number of aliphatic hydroxyl groups excluding tert-OH is 12. The van der Waals surface area contributed by atoms with Crippen molar-refractivity contribution in [3.8, 4) is 51.7 Å². The summed E-state index contributed by atoms with van der Waals surface area (Å²) in [6.07, 6.45) is -30.8. The number of hydrogen-bond acceptors (Lipinski definition) is 29. The van der Waals surface area contributed by atoms with E-state index in [1.807, 2.05) is 0 Å². The summed E-state index contributed by atoms with van der Waals surface area (Å²) in [7, 11) is 1.40. The number of phenols is 6. The van der Waals surface area contributed by atoms with Gasteiger partial charge in [0.15, 0.2) is 47.9 Å². The Labute approximate surface area is 478 Å². The molecule has 18 N–H and O–H groups in total. The van der Waals surface area contributed by atoms with E-state index in [4.69, 9.17) is 42.6 Å². The molecular formula is C55H70O29. The molecule has 0 bridgehead atoms. The molecule has 0 radical (unpaired) electrons. The second-order valence-electron chi connectivity index (χ2n) is 20.4. The van der Waals surface area contributed by atoms with Crippen molar-refractivity contribution in [2.75, 3.05) is 20.3 Å². The number of carbonyl (C=O) groups is 2. The van der Waals surface area contributed by atoms with Crippen molar-refractivity contribution >= 4 is 11.6 Å². The van der Waals surface area contributed by atoms with E-state index in [1.165, 1.54) is 45.2 Å². The van der Waals surface area contributed by atoms with Gasteiger partial charge >= 0.3 is 0 Å².